The molecule has 0 fully saturated rings. The normalized spacial score (nSPS) is 16.9. The summed E-state index contributed by atoms with van der Waals surface area (Å²) in [7, 11) is 0. The van der Waals surface area contributed by atoms with Gasteiger partial charge in [0.05, 0.1) is 0 Å². The minimum Gasteiger partial charge on any atom is -0.329 e. The fourth-order valence-corrected chi connectivity index (χ4v) is 1.02. The number of hydrogen-bond donors (Lipinski definition) is 2. The van der Waals surface area contributed by atoms with Crippen LogP contribution in [0.5, 0.6) is 0 Å². The SMILES string of the molecule is CCC(C)NC(CN)C(C)C. The van der Waals surface area contributed by atoms with Gasteiger partial charge >= 0.3 is 0 Å². The summed E-state index contributed by atoms with van der Waals surface area (Å²) >= 11 is 0. The van der Waals surface area contributed by atoms with Crippen LogP contribution in [-0.2, 0) is 0 Å². The summed E-state index contributed by atoms with van der Waals surface area (Å²) < 4.78 is 0. The Bertz CT molecular complexity index is 91.6. The third-order valence-electron chi connectivity index (χ3n) is 2.17. The van der Waals surface area contributed by atoms with Crippen molar-refractivity contribution in [2.24, 2.45) is 11.7 Å². The topological polar surface area (TPSA) is 38.0 Å². The molecule has 2 atom stereocenters. The highest BCUT2D eigenvalue weighted by molar-refractivity contribution is 4.74. The maximum atomic E-state index is 5.61. The van der Waals surface area contributed by atoms with Gasteiger partial charge in [0.1, 0.15) is 0 Å². The first kappa shape index (κ1) is 10.9. The van der Waals surface area contributed by atoms with E-state index in [9.17, 15) is 0 Å². The van der Waals surface area contributed by atoms with E-state index < -0.39 is 0 Å². The summed E-state index contributed by atoms with van der Waals surface area (Å²) in [6.45, 7) is 9.53. The fraction of sp³-hybridized carbons (Fsp3) is 1.00. The van der Waals surface area contributed by atoms with Gasteiger partial charge in [-0.05, 0) is 19.3 Å². The fourth-order valence-electron chi connectivity index (χ4n) is 1.02. The van der Waals surface area contributed by atoms with E-state index in [4.69, 9.17) is 5.73 Å². The second-order valence-electron chi connectivity index (χ2n) is 3.56. The standard InChI is InChI=1S/C9H22N2/c1-5-8(4)11-9(6-10)7(2)3/h7-9,11H,5-6,10H2,1-4H3. The van der Waals surface area contributed by atoms with Crippen molar-refractivity contribution in [3.05, 3.63) is 0 Å². The van der Waals surface area contributed by atoms with Crippen molar-refractivity contribution in [2.75, 3.05) is 6.54 Å². The molecule has 0 bridgehead atoms. The molecule has 68 valence electrons. The van der Waals surface area contributed by atoms with E-state index in [1.165, 1.54) is 6.42 Å². The molecule has 0 aliphatic heterocycles. The molecule has 0 radical (unpaired) electrons. The maximum absolute atomic E-state index is 5.61. The number of hydrogen-bond acceptors (Lipinski definition) is 2. The summed E-state index contributed by atoms with van der Waals surface area (Å²) in [6, 6.07) is 1.07. The molecule has 3 N–H and O–H groups in total. The highest BCUT2D eigenvalue weighted by Gasteiger charge is 2.12. The lowest BCUT2D eigenvalue weighted by Gasteiger charge is -2.24. The second-order valence-corrected chi connectivity index (χ2v) is 3.56. The Morgan fingerprint density at radius 1 is 1.27 bits per heavy atom. The van der Waals surface area contributed by atoms with E-state index in [-0.39, 0.29) is 0 Å². The van der Waals surface area contributed by atoms with E-state index in [2.05, 4.69) is 33.0 Å². The first-order chi connectivity index (χ1) is 5.11. The third-order valence-corrected chi connectivity index (χ3v) is 2.17. The van der Waals surface area contributed by atoms with Gasteiger partial charge in [-0.25, -0.2) is 0 Å². The van der Waals surface area contributed by atoms with Gasteiger partial charge < -0.3 is 11.1 Å². The lowest BCUT2D eigenvalue weighted by atomic mass is 10.0. The molecular weight excluding hydrogens is 136 g/mol. The number of nitrogens with two attached hydrogens (primary N) is 1. The van der Waals surface area contributed by atoms with Crippen molar-refractivity contribution in [1.82, 2.24) is 5.32 Å². The van der Waals surface area contributed by atoms with Crippen LogP contribution < -0.4 is 11.1 Å². The molecule has 0 aliphatic rings. The highest BCUT2D eigenvalue weighted by atomic mass is 15.0. The zero-order chi connectivity index (χ0) is 8.85. The summed E-state index contributed by atoms with van der Waals surface area (Å²) in [4.78, 5) is 0. The van der Waals surface area contributed by atoms with Crippen molar-refractivity contribution < 1.29 is 0 Å². The van der Waals surface area contributed by atoms with Crippen molar-refractivity contribution in [3.63, 3.8) is 0 Å². The molecule has 0 saturated carbocycles. The van der Waals surface area contributed by atoms with E-state index in [0.717, 1.165) is 6.54 Å². The predicted octanol–water partition coefficient (Wildman–Crippen LogP) is 1.36. The molecule has 0 saturated heterocycles. The summed E-state index contributed by atoms with van der Waals surface area (Å²) in [6.07, 6.45) is 1.17. The lowest BCUT2D eigenvalue weighted by Crippen LogP contribution is -2.44. The zero-order valence-electron chi connectivity index (χ0n) is 8.22. The van der Waals surface area contributed by atoms with Gasteiger partial charge in [0.15, 0.2) is 0 Å². The van der Waals surface area contributed by atoms with Crippen LogP contribution in [0.15, 0.2) is 0 Å². The average Bonchev–Trinajstić information content (AvgIpc) is 1.99. The van der Waals surface area contributed by atoms with Crippen molar-refractivity contribution in [1.29, 1.82) is 0 Å². The van der Waals surface area contributed by atoms with Crippen molar-refractivity contribution in [2.45, 2.75) is 46.2 Å². The Hall–Kier alpha value is -0.0800. The first-order valence-corrected chi connectivity index (χ1v) is 4.57. The van der Waals surface area contributed by atoms with E-state index >= 15 is 0 Å². The zero-order valence-corrected chi connectivity index (χ0v) is 8.22. The maximum Gasteiger partial charge on any atom is 0.0215 e. The first-order valence-electron chi connectivity index (χ1n) is 4.57. The molecule has 0 spiro atoms. The Morgan fingerprint density at radius 2 is 1.82 bits per heavy atom. The van der Waals surface area contributed by atoms with Crippen LogP contribution in [0, 0.1) is 5.92 Å². The Morgan fingerprint density at radius 3 is 2.09 bits per heavy atom. The molecule has 0 aromatic rings. The summed E-state index contributed by atoms with van der Waals surface area (Å²) in [5.41, 5.74) is 5.61. The largest absolute Gasteiger partial charge is 0.329 e. The smallest absolute Gasteiger partial charge is 0.0215 e. The van der Waals surface area contributed by atoms with Crippen LogP contribution in [0.2, 0.25) is 0 Å². The lowest BCUT2D eigenvalue weighted by molar-refractivity contribution is 0.362. The van der Waals surface area contributed by atoms with Crippen LogP contribution in [0.1, 0.15) is 34.1 Å². The van der Waals surface area contributed by atoms with Crippen molar-refractivity contribution >= 4 is 0 Å². The van der Waals surface area contributed by atoms with E-state index in [0.29, 0.717) is 18.0 Å². The van der Waals surface area contributed by atoms with Gasteiger partial charge in [-0.2, -0.15) is 0 Å². The van der Waals surface area contributed by atoms with Gasteiger partial charge in [-0.1, -0.05) is 20.8 Å². The molecule has 11 heavy (non-hydrogen) atoms. The van der Waals surface area contributed by atoms with Gasteiger partial charge in [-0.15, -0.1) is 0 Å². The van der Waals surface area contributed by atoms with Gasteiger partial charge in [0, 0.05) is 18.6 Å². The molecule has 0 aromatic heterocycles. The summed E-state index contributed by atoms with van der Waals surface area (Å²) in [5, 5.41) is 3.49. The molecule has 0 aliphatic carbocycles. The molecular formula is C9H22N2. The van der Waals surface area contributed by atoms with E-state index in [1.807, 2.05) is 0 Å². The minimum atomic E-state index is 0.477. The third kappa shape index (κ3) is 4.38. The molecule has 0 amide bonds. The molecule has 0 heterocycles. The molecule has 0 aromatic carbocycles. The summed E-state index contributed by atoms with van der Waals surface area (Å²) in [5.74, 6) is 0.633. The Labute approximate surface area is 70.5 Å². The monoisotopic (exact) mass is 158 g/mol. The average molecular weight is 158 g/mol. The molecule has 2 heteroatoms. The van der Waals surface area contributed by atoms with Gasteiger partial charge in [-0.3, -0.25) is 0 Å². The highest BCUT2D eigenvalue weighted by Crippen LogP contribution is 2.01. The number of nitrogens with one attached hydrogen (secondary N) is 1. The minimum absolute atomic E-state index is 0.477. The van der Waals surface area contributed by atoms with Crippen LogP contribution in [0.3, 0.4) is 0 Å². The van der Waals surface area contributed by atoms with Gasteiger partial charge in [0.25, 0.3) is 0 Å². The predicted molar refractivity (Wildman–Crippen MR) is 50.6 cm³/mol. The molecule has 0 rings (SSSR count). The number of rotatable bonds is 5. The van der Waals surface area contributed by atoms with Crippen molar-refractivity contribution in [3.8, 4) is 0 Å². The Kier molecular flexibility index (Phi) is 5.51. The Balaban J connectivity index is 3.68. The molecule has 2 nitrogen and oxygen atoms in total. The van der Waals surface area contributed by atoms with Crippen LogP contribution in [0.25, 0.3) is 0 Å². The second kappa shape index (κ2) is 5.56. The quantitative estimate of drug-likeness (QED) is 0.634. The van der Waals surface area contributed by atoms with Crippen LogP contribution in [-0.4, -0.2) is 18.6 Å². The van der Waals surface area contributed by atoms with Crippen LogP contribution >= 0.6 is 0 Å². The van der Waals surface area contributed by atoms with E-state index in [1.54, 1.807) is 0 Å². The van der Waals surface area contributed by atoms with Crippen LogP contribution in [0.4, 0.5) is 0 Å². The molecule has 2 unspecified atom stereocenters. The van der Waals surface area contributed by atoms with Gasteiger partial charge in [0.2, 0.25) is 0 Å².